The molecule has 14 heavy (non-hydrogen) atoms. The summed E-state index contributed by atoms with van der Waals surface area (Å²) in [7, 11) is 0. The van der Waals surface area contributed by atoms with Crippen LogP contribution in [0.2, 0.25) is 0 Å². The van der Waals surface area contributed by atoms with Crippen molar-refractivity contribution in [3.8, 4) is 0 Å². The quantitative estimate of drug-likeness (QED) is 0.778. The molecule has 1 N–H and O–H groups in total. The molecule has 1 rings (SSSR count). The first kappa shape index (κ1) is 11.9. The van der Waals surface area contributed by atoms with Gasteiger partial charge in [-0.15, -0.1) is 0 Å². The number of nitrogens with one attached hydrogen (secondary N) is 1. The predicted octanol–water partition coefficient (Wildman–Crippen LogP) is 2.89. The lowest BCUT2D eigenvalue weighted by Crippen LogP contribution is -2.35. The molecule has 0 fully saturated rings. The predicted molar refractivity (Wildman–Crippen MR) is 66.0 cm³/mol. The van der Waals surface area contributed by atoms with Crippen LogP contribution in [0.4, 0.5) is 0 Å². The van der Waals surface area contributed by atoms with Crippen molar-refractivity contribution >= 4 is 16.9 Å². The Balaban J connectivity index is 2.36. The summed E-state index contributed by atoms with van der Waals surface area (Å²) in [6, 6.07) is 0.557. The summed E-state index contributed by atoms with van der Waals surface area (Å²) in [5.41, 5.74) is 0. The topological polar surface area (TPSA) is 24.4 Å². The average Bonchev–Trinajstić information content (AvgIpc) is 2.53. The van der Waals surface area contributed by atoms with Gasteiger partial charge in [-0.25, -0.2) is 0 Å². The Morgan fingerprint density at radius 1 is 1.50 bits per heavy atom. The highest BCUT2D eigenvalue weighted by atomic mass is 32.2. The maximum Gasteiger partial charge on any atom is 0.157 e. The molecule has 0 saturated carbocycles. The van der Waals surface area contributed by atoms with Crippen molar-refractivity contribution in [2.24, 2.45) is 10.9 Å². The molecule has 2 unspecified atom stereocenters. The first-order chi connectivity index (χ1) is 6.67. The number of thioether (sulfide) groups is 1. The van der Waals surface area contributed by atoms with E-state index in [1.807, 2.05) is 11.8 Å². The van der Waals surface area contributed by atoms with Crippen LogP contribution in [0.25, 0.3) is 0 Å². The van der Waals surface area contributed by atoms with Gasteiger partial charge in [0.15, 0.2) is 5.17 Å². The monoisotopic (exact) mass is 214 g/mol. The molecule has 0 saturated heterocycles. The second-order valence-electron chi connectivity index (χ2n) is 4.08. The lowest BCUT2D eigenvalue weighted by Gasteiger charge is -2.23. The maximum absolute atomic E-state index is 4.48. The van der Waals surface area contributed by atoms with E-state index in [1.165, 1.54) is 12.8 Å². The Bertz CT molecular complexity index is 199. The van der Waals surface area contributed by atoms with Crippen molar-refractivity contribution in [1.29, 1.82) is 0 Å². The molecule has 82 valence electrons. The highest BCUT2D eigenvalue weighted by Gasteiger charge is 2.19. The normalized spacial score (nSPS) is 23.8. The fraction of sp³-hybridized carbons (Fsp3) is 0.909. The Labute approximate surface area is 92.0 Å². The fourth-order valence-electron chi connectivity index (χ4n) is 1.86. The zero-order valence-corrected chi connectivity index (χ0v) is 10.5. The van der Waals surface area contributed by atoms with Gasteiger partial charge in [-0.1, -0.05) is 45.4 Å². The number of rotatable bonds is 4. The first-order valence-corrected chi connectivity index (χ1v) is 6.52. The minimum Gasteiger partial charge on any atom is -0.362 e. The molecule has 1 aliphatic rings. The van der Waals surface area contributed by atoms with Gasteiger partial charge in [0.1, 0.15) is 0 Å². The summed E-state index contributed by atoms with van der Waals surface area (Å²) in [6.45, 7) is 9.99. The maximum atomic E-state index is 4.48. The molecular formula is C11H22N2S. The van der Waals surface area contributed by atoms with Crippen LogP contribution in [0, 0.1) is 5.92 Å². The number of aliphatic imine (C=N–C) groups is 1. The van der Waals surface area contributed by atoms with Crippen LogP contribution in [-0.2, 0) is 0 Å². The summed E-state index contributed by atoms with van der Waals surface area (Å²) in [5, 5.41) is 5.33. The van der Waals surface area contributed by atoms with E-state index in [2.05, 4.69) is 38.0 Å². The van der Waals surface area contributed by atoms with Crippen LogP contribution in [0.15, 0.2) is 4.99 Å². The smallest absolute Gasteiger partial charge is 0.157 e. The van der Waals surface area contributed by atoms with Crippen molar-refractivity contribution in [2.45, 2.75) is 51.8 Å². The molecule has 2 nitrogen and oxygen atoms in total. The lowest BCUT2D eigenvalue weighted by molar-refractivity contribution is 0.392. The molecule has 1 heterocycles. The van der Waals surface area contributed by atoms with E-state index in [0.717, 1.165) is 17.6 Å². The lowest BCUT2D eigenvalue weighted by atomic mass is 9.96. The zero-order valence-electron chi connectivity index (χ0n) is 9.71. The Kier molecular flexibility index (Phi) is 4.79. The van der Waals surface area contributed by atoms with Gasteiger partial charge in [0.05, 0.1) is 6.54 Å². The van der Waals surface area contributed by atoms with Gasteiger partial charge in [0, 0.05) is 11.3 Å². The number of amidine groups is 1. The van der Waals surface area contributed by atoms with Crippen LogP contribution in [0.1, 0.15) is 40.5 Å². The molecule has 3 heteroatoms. The summed E-state index contributed by atoms with van der Waals surface area (Å²) in [4.78, 5) is 4.48. The molecule has 2 atom stereocenters. The second kappa shape index (κ2) is 5.64. The third-order valence-corrected chi connectivity index (χ3v) is 3.93. The standard InChI is InChI=1S/C11H22N2S/c1-5-10(6-2)9(4)13-11-12-7-8(3)14-11/h8-10H,5-7H2,1-4H3,(H,12,13). The van der Waals surface area contributed by atoms with Crippen LogP contribution < -0.4 is 5.32 Å². The minimum atomic E-state index is 0.557. The Hall–Kier alpha value is -0.180. The largest absolute Gasteiger partial charge is 0.362 e. The summed E-state index contributed by atoms with van der Waals surface area (Å²) < 4.78 is 0. The molecular weight excluding hydrogens is 192 g/mol. The Morgan fingerprint density at radius 3 is 2.57 bits per heavy atom. The van der Waals surface area contributed by atoms with E-state index >= 15 is 0 Å². The average molecular weight is 214 g/mol. The third kappa shape index (κ3) is 3.19. The SMILES string of the molecule is CCC(CC)C(C)NC1=NCC(C)S1. The van der Waals surface area contributed by atoms with E-state index in [4.69, 9.17) is 0 Å². The molecule has 0 spiro atoms. The minimum absolute atomic E-state index is 0.557. The fourth-order valence-corrected chi connectivity index (χ4v) is 2.80. The first-order valence-electron chi connectivity index (χ1n) is 5.65. The van der Waals surface area contributed by atoms with Crippen LogP contribution in [0.5, 0.6) is 0 Å². The molecule has 0 bridgehead atoms. The van der Waals surface area contributed by atoms with Gasteiger partial charge in [-0.05, 0) is 12.8 Å². The Morgan fingerprint density at radius 2 is 2.14 bits per heavy atom. The van der Waals surface area contributed by atoms with Gasteiger partial charge in [-0.2, -0.15) is 0 Å². The van der Waals surface area contributed by atoms with E-state index in [9.17, 15) is 0 Å². The van der Waals surface area contributed by atoms with Crippen LogP contribution >= 0.6 is 11.8 Å². The van der Waals surface area contributed by atoms with Crippen molar-refractivity contribution in [3.05, 3.63) is 0 Å². The van der Waals surface area contributed by atoms with E-state index in [1.54, 1.807) is 0 Å². The molecule has 0 aromatic heterocycles. The molecule has 0 aromatic rings. The van der Waals surface area contributed by atoms with Crippen molar-refractivity contribution in [3.63, 3.8) is 0 Å². The molecule has 0 amide bonds. The van der Waals surface area contributed by atoms with Crippen molar-refractivity contribution < 1.29 is 0 Å². The molecule has 0 radical (unpaired) electrons. The van der Waals surface area contributed by atoms with Crippen molar-refractivity contribution in [2.75, 3.05) is 6.54 Å². The molecule has 1 aliphatic heterocycles. The van der Waals surface area contributed by atoms with Gasteiger partial charge >= 0.3 is 0 Å². The van der Waals surface area contributed by atoms with E-state index in [-0.39, 0.29) is 0 Å². The highest BCUT2D eigenvalue weighted by molar-refractivity contribution is 8.14. The second-order valence-corrected chi connectivity index (χ2v) is 5.51. The van der Waals surface area contributed by atoms with Gasteiger partial charge in [0.2, 0.25) is 0 Å². The molecule has 0 aliphatic carbocycles. The highest BCUT2D eigenvalue weighted by Crippen LogP contribution is 2.21. The molecule has 0 aromatic carbocycles. The number of nitrogens with zero attached hydrogens (tertiary/aromatic N) is 1. The van der Waals surface area contributed by atoms with E-state index < -0.39 is 0 Å². The summed E-state index contributed by atoms with van der Waals surface area (Å²) in [6.07, 6.45) is 2.50. The number of hydrogen-bond acceptors (Lipinski definition) is 3. The third-order valence-electron chi connectivity index (χ3n) is 2.91. The zero-order chi connectivity index (χ0) is 10.6. The van der Waals surface area contributed by atoms with Gasteiger partial charge in [0.25, 0.3) is 0 Å². The summed E-state index contributed by atoms with van der Waals surface area (Å²) >= 11 is 1.87. The van der Waals surface area contributed by atoms with Gasteiger partial charge in [-0.3, -0.25) is 4.99 Å². The van der Waals surface area contributed by atoms with Crippen LogP contribution in [0.3, 0.4) is 0 Å². The van der Waals surface area contributed by atoms with Gasteiger partial charge < -0.3 is 5.32 Å². The van der Waals surface area contributed by atoms with Crippen LogP contribution in [-0.4, -0.2) is 23.0 Å². The summed E-state index contributed by atoms with van der Waals surface area (Å²) in [5.74, 6) is 0.772. The van der Waals surface area contributed by atoms with E-state index in [0.29, 0.717) is 11.3 Å². The number of hydrogen-bond donors (Lipinski definition) is 1. The van der Waals surface area contributed by atoms with Crippen molar-refractivity contribution in [1.82, 2.24) is 5.32 Å².